The summed E-state index contributed by atoms with van der Waals surface area (Å²) in [7, 11) is 0. The van der Waals surface area contributed by atoms with Crippen molar-refractivity contribution in [1.82, 2.24) is 20.1 Å². The summed E-state index contributed by atoms with van der Waals surface area (Å²) in [6.07, 6.45) is 3.24. The number of carbonyl (C=O) groups is 3. The van der Waals surface area contributed by atoms with Crippen LogP contribution in [-0.2, 0) is 9.59 Å². The van der Waals surface area contributed by atoms with Gasteiger partial charge in [-0.3, -0.25) is 14.5 Å². The van der Waals surface area contributed by atoms with Gasteiger partial charge in [0, 0.05) is 36.2 Å². The molecule has 1 aromatic heterocycles. The predicted molar refractivity (Wildman–Crippen MR) is 107 cm³/mol. The van der Waals surface area contributed by atoms with E-state index in [-0.39, 0.29) is 31.4 Å². The van der Waals surface area contributed by atoms with Gasteiger partial charge in [-0.15, -0.1) is 0 Å². The van der Waals surface area contributed by atoms with Crippen molar-refractivity contribution in [2.45, 2.75) is 20.8 Å². The molecule has 2 aromatic rings. The van der Waals surface area contributed by atoms with Crippen molar-refractivity contribution >= 4 is 23.9 Å². The van der Waals surface area contributed by atoms with E-state index in [2.05, 4.69) is 46.4 Å². The second-order valence-electron chi connectivity index (χ2n) is 6.83. The smallest absolute Gasteiger partial charge is 0.324 e. The van der Waals surface area contributed by atoms with E-state index in [1.165, 1.54) is 11.6 Å². The van der Waals surface area contributed by atoms with E-state index in [1.54, 1.807) is 6.08 Å². The Bertz CT molecular complexity index is 925. The fourth-order valence-corrected chi connectivity index (χ4v) is 3.24. The molecule has 1 saturated heterocycles. The lowest BCUT2D eigenvalue weighted by Gasteiger charge is -2.11. The number of imide groups is 1. The van der Waals surface area contributed by atoms with Gasteiger partial charge < -0.3 is 15.2 Å². The van der Waals surface area contributed by atoms with Crippen LogP contribution in [0.2, 0.25) is 0 Å². The highest BCUT2D eigenvalue weighted by Crippen LogP contribution is 2.22. The van der Waals surface area contributed by atoms with Crippen molar-refractivity contribution in [3.8, 4) is 5.69 Å². The van der Waals surface area contributed by atoms with Gasteiger partial charge in [-0.1, -0.05) is 17.7 Å². The monoisotopic (exact) mass is 380 g/mol. The van der Waals surface area contributed by atoms with Crippen LogP contribution in [0.1, 0.15) is 22.5 Å². The number of carbonyl (C=O) groups excluding carboxylic acids is 3. The summed E-state index contributed by atoms with van der Waals surface area (Å²) in [6, 6.07) is 9.91. The summed E-state index contributed by atoms with van der Waals surface area (Å²) < 4.78 is 2.15. The van der Waals surface area contributed by atoms with Crippen molar-refractivity contribution in [1.29, 1.82) is 0 Å². The topological polar surface area (TPSA) is 83.4 Å². The molecular formula is C21H24N4O3. The van der Waals surface area contributed by atoms with Crippen LogP contribution in [0.4, 0.5) is 4.79 Å². The van der Waals surface area contributed by atoms with Crippen LogP contribution < -0.4 is 10.6 Å². The summed E-state index contributed by atoms with van der Waals surface area (Å²) in [5.74, 6) is -0.550. The van der Waals surface area contributed by atoms with Gasteiger partial charge in [0.05, 0.1) is 6.54 Å². The molecule has 2 heterocycles. The van der Waals surface area contributed by atoms with Crippen LogP contribution in [0, 0.1) is 20.8 Å². The van der Waals surface area contributed by atoms with Gasteiger partial charge in [-0.25, -0.2) is 4.79 Å². The molecule has 7 nitrogen and oxygen atoms in total. The Morgan fingerprint density at radius 2 is 1.89 bits per heavy atom. The van der Waals surface area contributed by atoms with Gasteiger partial charge in [0.2, 0.25) is 11.8 Å². The van der Waals surface area contributed by atoms with Crippen LogP contribution in [0.5, 0.6) is 0 Å². The lowest BCUT2D eigenvalue weighted by atomic mass is 10.2. The van der Waals surface area contributed by atoms with Crippen LogP contribution in [-0.4, -0.2) is 46.9 Å². The van der Waals surface area contributed by atoms with E-state index < -0.39 is 6.03 Å². The molecule has 0 bridgehead atoms. The molecule has 0 radical (unpaired) electrons. The first kappa shape index (κ1) is 19.4. The molecule has 4 amide bonds. The van der Waals surface area contributed by atoms with E-state index in [9.17, 15) is 14.4 Å². The van der Waals surface area contributed by atoms with Crippen LogP contribution in [0.15, 0.2) is 36.4 Å². The lowest BCUT2D eigenvalue weighted by Crippen LogP contribution is -2.38. The largest absolute Gasteiger partial charge is 0.351 e. The number of nitrogens with one attached hydrogen (secondary N) is 2. The number of nitrogens with zero attached hydrogens (tertiary/aromatic N) is 2. The molecule has 1 aliphatic rings. The molecule has 146 valence electrons. The predicted octanol–water partition coefficient (Wildman–Crippen LogP) is 2.08. The molecule has 0 aliphatic carbocycles. The maximum Gasteiger partial charge on any atom is 0.324 e. The molecule has 0 atom stereocenters. The minimum Gasteiger partial charge on any atom is -0.351 e. The summed E-state index contributed by atoms with van der Waals surface area (Å²) in [4.78, 5) is 36.1. The van der Waals surface area contributed by atoms with E-state index in [4.69, 9.17) is 0 Å². The molecule has 3 rings (SSSR count). The summed E-state index contributed by atoms with van der Waals surface area (Å²) >= 11 is 0. The van der Waals surface area contributed by atoms with E-state index >= 15 is 0 Å². The van der Waals surface area contributed by atoms with Crippen molar-refractivity contribution in [3.63, 3.8) is 0 Å². The molecule has 0 saturated carbocycles. The number of hydrogen-bond donors (Lipinski definition) is 2. The number of amides is 4. The third kappa shape index (κ3) is 4.14. The number of benzene rings is 1. The fourth-order valence-electron chi connectivity index (χ4n) is 3.24. The first-order chi connectivity index (χ1) is 13.4. The number of rotatable bonds is 6. The van der Waals surface area contributed by atoms with Gasteiger partial charge in [0.25, 0.3) is 0 Å². The average molecular weight is 380 g/mol. The summed E-state index contributed by atoms with van der Waals surface area (Å²) in [5, 5.41) is 5.14. The van der Waals surface area contributed by atoms with E-state index in [0.29, 0.717) is 0 Å². The second-order valence-corrected chi connectivity index (χ2v) is 6.83. The molecule has 1 aromatic carbocycles. The first-order valence-electron chi connectivity index (χ1n) is 9.17. The Kier molecular flexibility index (Phi) is 5.63. The minimum absolute atomic E-state index is 0.0171. The average Bonchev–Trinajstić information content (AvgIpc) is 3.13. The van der Waals surface area contributed by atoms with Crippen molar-refractivity contribution < 1.29 is 14.4 Å². The van der Waals surface area contributed by atoms with Crippen molar-refractivity contribution in [2.75, 3.05) is 19.6 Å². The number of hydrogen-bond acceptors (Lipinski definition) is 3. The molecule has 7 heteroatoms. The molecule has 1 fully saturated rings. The Labute approximate surface area is 164 Å². The molecule has 28 heavy (non-hydrogen) atoms. The molecule has 0 unspecified atom stereocenters. The highest BCUT2D eigenvalue weighted by atomic mass is 16.2. The maximum absolute atomic E-state index is 12.1. The third-order valence-corrected chi connectivity index (χ3v) is 4.75. The Hall–Kier alpha value is -3.35. The lowest BCUT2D eigenvalue weighted by molar-refractivity contribution is -0.125. The normalized spacial score (nSPS) is 14.0. The van der Waals surface area contributed by atoms with Crippen LogP contribution in [0.25, 0.3) is 11.8 Å². The quantitative estimate of drug-likeness (QED) is 0.595. The molecular weight excluding hydrogens is 356 g/mol. The number of aromatic nitrogens is 1. The summed E-state index contributed by atoms with van der Waals surface area (Å²) in [5.41, 5.74) is 5.38. The van der Waals surface area contributed by atoms with Crippen molar-refractivity contribution in [3.05, 3.63) is 58.9 Å². The zero-order valence-corrected chi connectivity index (χ0v) is 16.3. The summed E-state index contributed by atoms with van der Waals surface area (Å²) in [6.45, 7) is 6.49. The zero-order valence-electron chi connectivity index (χ0n) is 16.3. The molecule has 2 N–H and O–H groups in total. The van der Waals surface area contributed by atoms with Gasteiger partial charge >= 0.3 is 6.03 Å². The standard InChI is InChI=1S/C21H24N4O3/c1-14-4-7-18(8-5-14)25-15(2)12-17(16(25)3)6-9-19(26)22-10-11-24-20(27)13-23-21(24)28/h4-9,12H,10-11,13H2,1-3H3,(H,22,26)(H,23,28). The van der Waals surface area contributed by atoms with Crippen LogP contribution in [0.3, 0.4) is 0 Å². The van der Waals surface area contributed by atoms with Crippen LogP contribution >= 0.6 is 0 Å². The zero-order chi connectivity index (χ0) is 20.3. The minimum atomic E-state index is -0.418. The SMILES string of the molecule is Cc1ccc(-n2c(C)cc(C=CC(=O)NCCN3C(=O)CNC3=O)c2C)cc1. The third-order valence-electron chi connectivity index (χ3n) is 4.75. The molecule has 1 aliphatic heterocycles. The Morgan fingerprint density at radius 1 is 1.18 bits per heavy atom. The number of urea groups is 1. The Morgan fingerprint density at radius 3 is 2.54 bits per heavy atom. The first-order valence-corrected chi connectivity index (χ1v) is 9.17. The molecule has 0 spiro atoms. The highest BCUT2D eigenvalue weighted by Gasteiger charge is 2.27. The Balaban J connectivity index is 1.61. The van der Waals surface area contributed by atoms with Crippen molar-refractivity contribution in [2.24, 2.45) is 0 Å². The second kappa shape index (κ2) is 8.12. The van der Waals surface area contributed by atoms with Gasteiger partial charge in [-0.2, -0.15) is 0 Å². The van der Waals surface area contributed by atoms with E-state index in [1.807, 2.05) is 19.9 Å². The van der Waals surface area contributed by atoms with Gasteiger partial charge in [-0.05, 0) is 50.6 Å². The fraction of sp³-hybridized carbons (Fsp3) is 0.286. The van der Waals surface area contributed by atoms with Gasteiger partial charge in [0.1, 0.15) is 0 Å². The number of aryl methyl sites for hydroxylation is 2. The highest BCUT2D eigenvalue weighted by molar-refractivity contribution is 6.02. The van der Waals surface area contributed by atoms with Gasteiger partial charge in [0.15, 0.2) is 0 Å². The maximum atomic E-state index is 12.1. The van der Waals surface area contributed by atoms with E-state index in [0.717, 1.165) is 27.5 Å².